The Morgan fingerprint density at radius 3 is 2.76 bits per heavy atom. The van der Waals surface area contributed by atoms with Gasteiger partial charge in [0.05, 0.1) is 4.88 Å². The largest absolute Gasteiger partial charge is 0.335 e. The minimum absolute atomic E-state index is 0.0557. The average molecular weight is 322 g/mol. The second kappa shape index (κ2) is 7.71. The Kier molecular flexibility index (Phi) is 5.94. The Morgan fingerprint density at radius 2 is 2.14 bits per heavy atom. The molecule has 5 heteroatoms. The summed E-state index contributed by atoms with van der Waals surface area (Å²) in [5, 5.41) is 4.85. The normalized spacial score (nSPS) is 11.0. The molecule has 0 N–H and O–H groups in total. The first-order valence-corrected chi connectivity index (χ1v) is 9.19. The highest BCUT2D eigenvalue weighted by atomic mass is 32.1. The molecule has 2 aromatic rings. The number of unbranched alkanes of at least 4 members (excludes halogenated alkanes) is 2. The number of nitrogens with zero attached hydrogens (tertiary/aromatic N) is 2. The molecule has 0 atom stereocenters. The van der Waals surface area contributed by atoms with E-state index in [0.717, 1.165) is 29.3 Å². The highest BCUT2D eigenvalue weighted by molar-refractivity contribution is 7.20. The monoisotopic (exact) mass is 322 g/mol. The molecule has 21 heavy (non-hydrogen) atoms. The molecule has 2 heterocycles. The van der Waals surface area contributed by atoms with Crippen molar-refractivity contribution in [1.82, 2.24) is 9.88 Å². The molecule has 0 spiro atoms. The number of aromatic nitrogens is 1. The molecule has 0 aliphatic heterocycles. The van der Waals surface area contributed by atoms with Crippen LogP contribution in [0.15, 0.2) is 22.9 Å². The summed E-state index contributed by atoms with van der Waals surface area (Å²) in [7, 11) is 0. The van der Waals surface area contributed by atoms with Crippen LogP contribution >= 0.6 is 22.7 Å². The Labute approximate surface area is 134 Å². The Morgan fingerprint density at radius 1 is 1.33 bits per heavy atom. The zero-order chi connectivity index (χ0) is 15.2. The van der Waals surface area contributed by atoms with Crippen molar-refractivity contribution in [1.29, 1.82) is 0 Å². The van der Waals surface area contributed by atoms with Gasteiger partial charge in [0, 0.05) is 18.0 Å². The molecule has 2 rings (SSSR count). The molecular formula is C16H22N2OS2. The van der Waals surface area contributed by atoms with Crippen molar-refractivity contribution in [3.8, 4) is 9.88 Å². The Balaban J connectivity index is 2.09. The number of hydrogen-bond donors (Lipinski definition) is 0. The second-order valence-electron chi connectivity index (χ2n) is 5.31. The standard InChI is InChI=1S/C16H22N2OS2/c1-4-5-6-9-18(12(2)3)16(19)13-11-21-15(17-13)14-8-7-10-20-14/h7-8,10-12H,4-6,9H2,1-3H3. The van der Waals surface area contributed by atoms with Crippen LogP contribution in [-0.2, 0) is 0 Å². The number of rotatable bonds is 7. The summed E-state index contributed by atoms with van der Waals surface area (Å²) in [6, 6.07) is 4.26. The van der Waals surface area contributed by atoms with E-state index in [1.807, 2.05) is 27.8 Å². The summed E-state index contributed by atoms with van der Waals surface area (Å²) in [4.78, 5) is 20.2. The second-order valence-corrected chi connectivity index (χ2v) is 7.12. The van der Waals surface area contributed by atoms with Crippen molar-refractivity contribution in [2.24, 2.45) is 0 Å². The first kappa shape index (κ1) is 16.2. The average Bonchev–Trinajstić information content (AvgIpc) is 3.11. The third-order valence-electron chi connectivity index (χ3n) is 3.34. The van der Waals surface area contributed by atoms with Crippen LogP contribution in [-0.4, -0.2) is 28.4 Å². The van der Waals surface area contributed by atoms with Crippen LogP contribution in [0.1, 0.15) is 50.5 Å². The highest BCUT2D eigenvalue weighted by Crippen LogP contribution is 2.28. The topological polar surface area (TPSA) is 33.2 Å². The van der Waals surface area contributed by atoms with E-state index in [0.29, 0.717) is 5.69 Å². The fourth-order valence-electron chi connectivity index (χ4n) is 2.16. The third kappa shape index (κ3) is 4.14. The molecule has 0 unspecified atom stereocenters. The maximum atomic E-state index is 12.6. The molecular weight excluding hydrogens is 300 g/mol. The molecule has 3 nitrogen and oxygen atoms in total. The van der Waals surface area contributed by atoms with Crippen LogP contribution in [0, 0.1) is 0 Å². The Hall–Kier alpha value is -1.20. The maximum absolute atomic E-state index is 12.6. The van der Waals surface area contributed by atoms with Gasteiger partial charge in [0.1, 0.15) is 10.7 Å². The van der Waals surface area contributed by atoms with E-state index >= 15 is 0 Å². The summed E-state index contributed by atoms with van der Waals surface area (Å²) in [5.74, 6) is 0.0557. The third-order valence-corrected chi connectivity index (χ3v) is 5.22. The van der Waals surface area contributed by atoms with E-state index in [2.05, 4.69) is 25.8 Å². The summed E-state index contributed by atoms with van der Waals surface area (Å²) in [5.41, 5.74) is 0.577. The number of hydrogen-bond acceptors (Lipinski definition) is 4. The van der Waals surface area contributed by atoms with Crippen LogP contribution in [0.3, 0.4) is 0 Å². The quantitative estimate of drug-likeness (QED) is 0.678. The number of carbonyl (C=O) groups excluding carboxylic acids is 1. The minimum atomic E-state index is 0.0557. The zero-order valence-corrected chi connectivity index (χ0v) is 14.5. The van der Waals surface area contributed by atoms with E-state index < -0.39 is 0 Å². The van der Waals surface area contributed by atoms with E-state index in [-0.39, 0.29) is 11.9 Å². The molecule has 1 amide bonds. The van der Waals surface area contributed by atoms with Gasteiger partial charge in [-0.25, -0.2) is 4.98 Å². The van der Waals surface area contributed by atoms with Gasteiger partial charge in [-0.1, -0.05) is 25.8 Å². The van der Waals surface area contributed by atoms with Crippen LogP contribution in [0.2, 0.25) is 0 Å². The van der Waals surface area contributed by atoms with Gasteiger partial charge >= 0.3 is 0 Å². The van der Waals surface area contributed by atoms with E-state index in [1.54, 1.807) is 22.7 Å². The highest BCUT2D eigenvalue weighted by Gasteiger charge is 2.21. The fraction of sp³-hybridized carbons (Fsp3) is 0.500. The lowest BCUT2D eigenvalue weighted by atomic mass is 10.2. The molecule has 0 saturated carbocycles. The molecule has 2 aromatic heterocycles. The van der Waals surface area contributed by atoms with Gasteiger partial charge in [-0.2, -0.15) is 0 Å². The van der Waals surface area contributed by atoms with Crippen molar-refractivity contribution in [3.05, 3.63) is 28.6 Å². The van der Waals surface area contributed by atoms with Gasteiger partial charge in [-0.3, -0.25) is 4.79 Å². The summed E-state index contributed by atoms with van der Waals surface area (Å²) < 4.78 is 0. The molecule has 0 saturated heterocycles. The number of amides is 1. The lowest BCUT2D eigenvalue weighted by Crippen LogP contribution is -2.37. The van der Waals surface area contributed by atoms with Crippen molar-refractivity contribution in [2.45, 2.75) is 46.1 Å². The maximum Gasteiger partial charge on any atom is 0.273 e. The fourth-order valence-corrected chi connectivity index (χ4v) is 3.77. The Bertz CT molecular complexity index is 561. The van der Waals surface area contributed by atoms with Crippen LogP contribution < -0.4 is 0 Å². The van der Waals surface area contributed by atoms with Crippen molar-refractivity contribution in [2.75, 3.05) is 6.54 Å². The van der Waals surface area contributed by atoms with E-state index in [4.69, 9.17) is 0 Å². The van der Waals surface area contributed by atoms with Gasteiger partial charge in [-0.15, -0.1) is 22.7 Å². The van der Waals surface area contributed by atoms with Gasteiger partial charge < -0.3 is 4.90 Å². The van der Waals surface area contributed by atoms with Gasteiger partial charge in [0.25, 0.3) is 5.91 Å². The summed E-state index contributed by atoms with van der Waals surface area (Å²) >= 11 is 3.20. The zero-order valence-electron chi connectivity index (χ0n) is 12.8. The predicted molar refractivity (Wildman–Crippen MR) is 91.1 cm³/mol. The van der Waals surface area contributed by atoms with Crippen molar-refractivity contribution in [3.63, 3.8) is 0 Å². The number of thiophene rings is 1. The molecule has 114 valence electrons. The number of thiazole rings is 1. The van der Waals surface area contributed by atoms with Gasteiger partial charge in [-0.05, 0) is 31.7 Å². The molecule has 0 aliphatic rings. The lowest BCUT2D eigenvalue weighted by Gasteiger charge is -2.26. The van der Waals surface area contributed by atoms with E-state index in [1.165, 1.54) is 6.42 Å². The smallest absolute Gasteiger partial charge is 0.273 e. The first-order valence-electron chi connectivity index (χ1n) is 7.43. The van der Waals surface area contributed by atoms with Crippen LogP contribution in [0.4, 0.5) is 0 Å². The minimum Gasteiger partial charge on any atom is -0.335 e. The van der Waals surface area contributed by atoms with Crippen LogP contribution in [0.25, 0.3) is 9.88 Å². The van der Waals surface area contributed by atoms with Crippen LogP contribution in [0.5, 0.6) is 0 Å². The van der Waals surface area contributed by atoms with E-state index in [9.17, 15) is 4.79 Å². The predicted octanol–water partition coefficient (Wildman–Crippen LogP) is 4.91. The molecule has 0 aliphatic carbocycles. The molecule has 0 aromatic carbocycles. The van der Waals surface area contributed by atoms with Gasteiger partial charge in [0.2, 0.25) is 0 Å². The lowest BCUT2D eigenvalue weighted by molar-refractivity contribution is 0.0697. The molecule has 0 fully saturated rings. The van der Waals surface area contributed by atoms with Crippen molar-refractivity contribution < 1.29 is 4.79 Å². The summed E-state index contributed by atoms with van der Waals surface area (Å²) in [6.07, 6.45) is 3.38. The summed E-state index contributed by atoms with van der Waals surface area (Å²) in [6.45, 7) is 7.12. The first-order chi connectivity index (χ1) is 10.1. The number of carbonyl (C=O) groups is 1. The molecule has 0 radical (unpaired) electrons. The van der Waals surface area contributed by atoms with Gasteiger partial charge in [0.15, 0.2) is 0 Å². The van der Waals surface area contributed by atoms with Crippen molar-refractivity contribution >= 4 is 28.6 Å². The SMILES string of the molecule is CCCCCN(C(=O)c1csc(-c2cccs2)n1)C(C)C. The molecule has 0 bridgehead atoms.